The van der Waals surface area contributed by atoms with Crippen molar-refractivity contribution in [2.24, 2.45) is 11.7 Å². The van der Waals surface area contributed by atoms with Crippen LogP contribution in [0.2, 0.25) is 0 Å². The van der Waals surface area contributed by atoms with Crippen molar-refractivity contribution >= 4 is 5.91 Å². The Morgan fingerprint density at radius 3 is 2.65 bits per heavy atom. The van der Waals surface area contributed by atoms with Gasteiger partial charge in [-0.3, -0.25) is 4.79 Å². The van der Waals surface area contributed by atoms with Gasteiger partial charge in [-0.1, -0.05) is 17.3 Å². The predicted octanol–water partition coefficient (Wildman–Crippen LogP) is 2.61. The quantitative estimate of drug-likeness (QED) is 0.859. The van der Waals surface area contributed by atoms with Crippen molar-refractivity contribution in [2.75, 3.05) is 13.1 Å². The third-order valence-electron chi connectivity index (χ3n) is 5.16. The maximum absolute atomic E-state index is 12.6. The van der Waals surface area contributed by atoms with Crippen LogP contribution in [-0.4, -0.2) is 35.1 Å². The average molecular weight is 357 g/mol. The number of nitrogens with two attached hydrogens (primary N) is 1. The van der Waals surface area contributed by atoms with Crippen molar-refractivity contribution in [3.05, 3.63) is 46.8 Å². The summed E-state index contributed by atoms with van der Waals surface area (Å²) in [6.45, 7) is 7.71. The van der Waals surface area contributed by atoms with Crippen LogP contribution in [0, 0.1) is 19.8 Å². The minimum Gasteiger partial charge on any atom is -0.489 e. The number of hydrogen-bond acceptors (Lipinski definition) is 5. The molecule has 1 aromatic heterocycles. The lowest BCUT2D eigenvalue weighted by atomic mass is 10.1. The molecule has 2 N–H and O–H groups in total. The van der Waals surface area contributed by atoms with Crippen LogP contribution in [0.4, 0.5) is 0 Å². The van der Waals surface area contributed by atoms with Gasteiger partial charge in [-0.05, 0) is 57.4 Å². The zero-order valence-corrected chi connectivity index (χ0v) is 15.7. The second-order valence-electron chi connectivity index (χ2n) is 7.14. The van der Waals surface area contributed by atoms with E-state index in [0.717, 1.165) is 41.3 Å². The van der Waals surface area contributed by atoms with E-state index >= 15 is 0 Å². The highest BCUT2D eigenvalue weighted by molar-refractivity contribution is 5.79. The largest absolute Gasteiger partial charge is 0.489 e. The Morgan fingerprint density at radius 1 is 1.35 bits per heavy atom. The maximum atomic E-state index is 12.6. The van der Waals surface area contributed by atoms with E-state index in [-0.39, 0.29) is 11.9 Å². The van der Waals surface area contributed by atoms with Gasteiger partial charge in [-0.25, -0.2) is 0 Å². The van der Waals surface area contributed by atoms with E-state index in [1.165, 1.54) is 0 Å². The minimum absolute atomic E-state index is 0.165. The molecule has 1 aromatic carbocycles. The number of aromatic nitrogens is 1. The molecule has 140 valence electrons. The first-order chi connectivity index (χ1) is 12.5. The van der Waals surface area contributed by atoms with Crippen molar-refractivity contribution < 1.29 is 14.1 Å². The molecular weight excluding hydrogens is 330 g/mol. The number of hydrogen-bond donors (Lipinski definition) is 1. The van der Waals surface area contributed by atoms with Crippen LogP contribution in [0.15, 0.2) is 28.8 Å². The molecule has 2 heterocycles. The highest BCUT2D eigenvalue weighted by Crippen LogP contribution is 2.23. The first kappa shape index (κ1) is 18.5. The normalized spacial score (nSPS) is 19.8. The zero-order chi connectivity index (χ0) is 18.7. The fourth-order valence-corrected chi connectivity index (χ4v) is 3.50. The van der Waals surface area contributed by atoms with Gasteiger partial charge in [0.25, 0.3) is 0 Å². The van der Waals surface area contributed by atoms with Crippen LogP contribution in [-0.2, 0) is 17.8 Å². The Labute approximate surface area is 154 Å². The zero-order valence-electron chi connectivity index (χ0n) is 15.7. The van der Waals surface area contributed by atoms with E-state index in [4.69, 9.17) is 15.0 Å². The molecule has 1 aliphatic heterocycles. The summed E-state index contributed by atoms with van der Waals surface area (Å²) in [5.74, 6) is 2.13. The van der Waals surface area contributed by atoms with Crippen molar-refractivity contribution in [1.82, 2.24) is 10.1 Å². The summed E-state index contributed by atoms with van der Waals surface area (Å²) < 4.78 is 10.9. The number of ether oxygens (including phenoxy) is 1. The van der Waals surface area contributed by atoms with Crippen molar-refractivity contribution in [2.45, 2.75) is 46.3 Å². The van der Waals surface area contributed by atoms with Crippen molar-refractivity contribution in [3.8, 4) is 5.75 Å². The summed E-state index contributed by atoms with van der Waals surface area (Å²) in [5.41, 5.74) is 8.56. The van der Waals surface area contributed by atoms with Gasteiger partial charge in [0.1, 0.15) is 18.1 Å². The SMILES string of the molecule is Cc1noc(C)c1COc1ccc(CC(=O)N2CC(CN)CC2C)cc1. The third-order valence-corrected chi connectivity index (χ3v) is 5.16. The summed E-state index contributed by atoms with van der Waals surface area (Å²) >= 11 is 0. The molecule has 1 saturated heterocycles. The molecule has 26 heavy (non-hydrogen) atoms. The number of aryl methyl sites for hydroxylation is 2. The minimum atomic E-state index is 0.165. The van der Waals surface area contributed by atoms with Gasteiger partial charge in [0.2, 0.25) is 5.91 Å². The molecule has 3 rings (SSSR count). The molecule has 2 aromatic rings. The first-order valence-electron chi connectivity index (χ1n) is 9.11. The molecule has 2 atom stereocenters. The summed E-state index contributed by atoms with van der Waals surface area (Å²) in [6.07, 6.45) is 1.41. The molecule has 1 aliphatic rings. The van der Waals surface area contributed by atoms with Gasteiger partial charge in [-0.15, -0.1) is 0 Å². The predicted molar refractivity (Wildman–Crippen MR) is 98.8 cm³/mol. The van der Waals surface area contributed by atoms with Gasteiger partial charge < -0.3 is 19.9 Å². The Kier molecular flexibility index (Phi) is 5.61. The number of likely N-dealkylation sites (tertiary alicyclic amines) is 1. The van der Waals surface area contributed by atoms with Gasteiger partial charge in [0.05, 0.1) is 17.7 Å². The van der Waals surface area contributed by atoms with Crippen molar-refractivity contribution in [1.29, 1.82) is 0 Å². The highest BCUT2D eigenvalue weighted by atomic mass is 16.5. The maximum Gasteiger partial charge on any atom is 0.227 e. The van der Waals surface area contributed by atoms with Crippen LogP contribution >= 0.6 is 0 Å². The number of nitrogens with zero attached hydrogens (tertiary/aromatic N) is 2. The van der Waals surface area contributed by atoms with Gasteiger partial charge in [-0.2, -0.15) is 0 Å². The number of rotatable bonds is 6. The molecule has 1 fully saturated rings. The van der Waals surface area contributed by atoms with E-state index in [9.17, 15) is 4.79 Å². The summed E-state index contributed by atoms with van der Waals surface area (Å²) in [7, 11) is 0. The monoisotopic (exact) mass is 357 g/mol. The molecule has 2 unspecified atom stereocenters. The second-order valence-corrected chi connectivity index (χ2v) is 7.14. The lowest BCUT2D eigenvalue weighted by Crippen LogP contribution is -2.35. The van der Waals surface area contributed by atoms with Gasteiger partial charge >= 0.3 is 0 Å². The average Bonchev–Trinajstić information content (AvgIpc) is 3.17. The van der Waals surface area contributed by atoms with Crippen LogP contribution in [0.1, 0.15) is 35.9 Å². The molecule has 1 amide bonds. The van der Waals surface area contributed by atoms with Gasteiger partial charge in [0, 0.05) is 12.6 Å². The van der Waals surface area contributed by atoms with E-state index < -0.39 is 0 Å². The molecule has 0 radical (unpaired) electrons. The lowest BCUT2D eigenvalue weighted by Gasteiger charge is -2.21. The third kappa shape index (κ3) is 4.07. The number of benzene rings is 1. The molecule has 0 aliphatic carbocycles. The van der Waals surface area contributed by atoms with Crippen LogP contribution < -0.4 is 10.5 Å². The Bertz CT molecular complexity index is 735. The first-order valence-corrected chi connectivity index (χ1v) is 9.11. The van der Waals surface area contributed by atoms with Crippen LogP contribution in [0.25, 0.3) is 0 Å². The van der Waals surface area contributed by atoms with E-state index in [2.05, 4.69) is 12.1 Å². The van der Waals surface area contributed by atoms with Gasteiger partial charge in [0.15, 0.2) is 0 Å². The molecule has 0 spiro atoms. The summed E-state index contributed by atoms with van der Waals surface area (Å²) in [6, 6.07) is 7.96. The topological polar surface area (TPSA) is 81.6 Å². The van der Waals surface area contributed by atoms with Crippen LogP contribution in [0.3, 0.4) is 0 Å². The molecular formula is C20H27N3O3. The summed E-state index contributed by atoms with van der Waals surface area (Å²) in [4.78, 5) is 14.5. The van der Waals surface area contributed by atoms with Crippen molar-refractivity contribution in [3.63, 3.8) is 0 Å². The van der Waals surface area contributed by atoms with E-state index in [1.807, 2.05) is 43.0 Å². The Hall–Kier alpha value is -2.34. The highest BCUT2D eigenvalue weighted by Gasteiger charge is 2.31. The van der Waals surface area contributed by atoms with E-state index in [1.54, 1.807) is 0 Å². The van der Waals surface area contributed by atoms with E-state index in [0.29, 0.717) is 25.5 Å². The molecule has 0 saturated carbocycles. The lowest BCUT2D eigenvalue weighted by molar-refractivity contribution is -0.131. The smallest absolute Gasteiger partial charge is 0.227 e. The van der Waals surface area contributed by atoms with Crippen LogP contribution in [0.5, 0.6) is 5.75 Å². The number of amides is 1. The Balaban J connectivity index is 1.55. The standard InChI is InChI=1S/C20H27N3O3/c1-13-8-17(10-21)11-23(13)20(24)9-16-4-6-18(7-5-16)25-12-19-14(2)22-26-15(19)3/h4-7,13,17H,8-12,21H2,1-3H3. The summed E-state index contributed by atoms with van der Waals surface area (Å²) in [5, 5.41) is 3.93. The number of carbonyl (C=O) groups is 1. The molecule has 6 heteroatoms. The fraction of sp³-hybridized carbons (Fsp3) is 0.500. The molecule has 0 bridgehead atoms. The Morgan fingerprint density at radius 2 is 2.08 bits per heavy atom. The number of carbonyl (C=O) groups excluding carboxylic acids is 1. The fourth-order valence-electron chi connectivity index (χ4n) is 3.50. The molecule has 6 nitrogen and oxygen atoms in total. The second kappa shape index (κ2) is 7.91.